The van der Waals surface area contributed by atoms with Gasteiger partial charge in [-0.1, -0.05) is 6.92 Å². The lowest BCUT2D eigenvalue weighted by atomic mass is 10.1. The molecule has 4 heteroatoms. The number of carbonyl (C=O) groups is 1. The van der Waals surface area contributed by atoms with E-state index in [9.17, 15) is 9.90 Å². The Bertz CT molecular complexity index is 440. The SMILES string of the molecule is CCC(C)Oc1ccc(C(=O)N(CC(C)O)C(C)C)cc1. The zero-order valence-electron chi connectivity index (χ0n) is 13.7. The van der Waals surface area contributed by atoms with Gasteiger partial charge in [-0.15, -0.1) is 0 Å². The van der Waals surface area contributed by atoms with Crippen LogP contribution in [0.5, 0.6) is 5.75 Å². The smallest absolute Gasteiger partial charge is 0.254 e. The molecule has 21 heavy (non-hydrogen) atoms. The second-order valence-electron chi connectivity index (χ2n) is 5.76. The fourth-order valence-corrected chi connectivity index (χ4v) is 1.97. The van der Waals surface area contributed by atoms with Gasteiger partial charge in [0.2, 0.25) is 0 Å². The predicted octanol–water partition coefficient (Wildman–Crippen LogP) is 3.10. The van der Waals surface area contributed by atoms with Gasteiger partial charge in [0.1, 0.15) is 5.75 Å². The van der Waals surface area contributed by atoms with E-state index in [0.717, 1.165) is 12.2 Å². The van der Waals surface area contributed by atoms with E-state index >= 15 is 0 Å². The maximum absolute atomic E-state index is 12.5. The highest BCUT2D eigenvalue weighted by Gasteiger charge is 2.20. The minimum atomic E-state index is -0.538. The summed E-state index contributed by atoms with van der Waals surface area (Å²) in [5.41, 5.74) is 0.612. The van der Waals surface area contributed by atoms with E-state index in [1.807, 2.05) is 32.9 Å². The monoisotopic (exact) mass is 293 g/mol. The van der Waals surface area contributed by atoms with Crippen molar-refractivity contribution in [3.05, 3.63) is 29.8 Å². The fourth-order valence-electron chi connectivity index (χ4n) is 1.97. The maximum atomic E-state index is 12.5. The summed E-state index contributed by atoms with van der Waals surface area (Å²) < 4.78 is 5.71. The number of benzene rings is 1. The van der Waals surface area contributed by atoms with Gasteiger partial charge in [-0.3, -0.25) is 4.79 Å². The molecule has 1 N–H and O–H groups in total. The first-order valence-electron chi connectivity index (χ1n) is 7.60. The van der Waals surface area contributed by atoms with E-state index in [4.69, 9.17) is 4.74 Å². The lowest BCUT2D eigenvalue weighted by Gasteiger charge is -2.28. The number of aliphatic hydroxyl groups is 1. The molecule has 0 saturated heterocycles. The number of ether oxygens (including phenoxy) is 1. The number of nitrogens with zero attached hydrogens (tertiary/aromatic N) is 1. The van der Waals surface area contributed by atoms with Gasteiger partial charge in [-0.25, -0.2) is 0 Å². The van der Waals surface area contributed by atoms with Crippen LogP contribution < -0.4 is 4.74 Å². The summed E-state index contributed by atoms with van der Waals surface area (Å²) in [6, 6.07) is 7.23. The number of aliphatic hydroxyl groups excluding tert-OH is 1. The first kappa shape index (κ1) is 17.5. The molecule has 4 nitrogen and oxygen atoms in total. The standard InChI is InChI=1S/C17H27NO3/c1-6-14(5)21-16-9-7-15(8-10-16)17(20)18(12(2)3)11-13(4)19/h7-10,12-14,19H,6,11H2,1-5H3. The van der Waals surface area contributed by atoms with Crippen molar-refractivity contribution in [1.82, 2.24) is 4.90 Å². The highest BCUT2D eigenvalue weighted by molar-refractivity contribution is 5.94. The molecule has 1 aromatic rings. The first-order valence-corrected chi connectivity index (χ1v) is 7.60. The van der Waals surface area contributed by atoms with Crippen LogP contribution in [0, 0.1) is 0 Å². The van der Waals surface area contributed by atoms with Crippen molar-refractivity contribution >= 4 is 5.91 Å². The third-order valence-corrected chi connectivity index (χ3v) is 3.36. The van der Waals surface area contributed by atoms with Crippen LogP contribution in [0.3, 0.4) is 0 Å². The summed E-state index contributed by atoms with van der Waals surface area (Å²) in [6.07, 6.45) is 0.564. The van der Waals surface area contributed by atoms with Crippen LogP contribution in [0.1, 0.15) is 51.4 Å². The molecule has 0 bridgehead atoms. The van der Waals surface area contributed by atoms with Gasteiger partial charge >= 0.3 is 0 Å². The second-order valence-corrected chi connectivity index (χ2v) is 5.76. The van der Waals surface area contributed by atoms with Crippen molar-refractivity contribution in [2.45, 2.75) is 59.3 Å². The molecule has 1 rings (SSSR count). The molecular weight excluding hydrogens is 266 g/mol. The molecule has 2 atom stereocenters. The van der Waals surface area contributed by atoms with Crippen LogP contribution in [0.25, 0.3) is 0 Å². The largest absolute Gasteiger partial charge is 0.491 e. The molecule has 0 radical (unpaired) electrons. The average Bonchev–Trinajstić information content (AvgIpc) is 2.44. The molecule has 1 amide bonds. The Kier molecular flexibility index (Phi) is 6.69. The Labute approximate surface area is 127 Å². The fraction of sp³-hybridized carbons (Fsp3) is 0.588. The minimum absolute atomic E-state index is 0.0446. The van der Waals surface area contributed by atoms with E-state index in [-0.39, 0.29) is 18.1 Å². The second kappa shape index (κ2) is 8.03. The van der Waals surface area contributed by atoms with E-state index < -0.39 is 6.10 Å². The van der Waals surface area contributed by atoms with Crippen LogP contribution in [0.15, 0.2) is 24.3 Å². The van der Waals surface area contributed by atoms with Crippen molar-refractivity contribution in [3.8, 4) is 5.75 Å². The lowest BCUT2D eigenvalue weighted by Crippen LogP contribution is -2.41. The zero-order valence-corrected chi connectivity index (χ0v) is 13.7. The van der Waals surface area contributed by atoms with E-state index in [1.54, 1.807) is 24.0 Å². The Balaban J connectivity index is 2.81. The lowest BCUT2D eigenvalue weighted by molar-refractivity contribution is 0.0578. The van der Waals surface area contributed by atoms with Gasteiger partial charge < -0.3 is 14.7 Å². The summed E-state index contributed by atoms with van der Waals surface area (Å²) in [6.45, 7) is 10.00. The molecule has 0 spiro atoms. The molecule has 0 aliphatic rings. The van der Waals surface area contributed by atoms with Crippen molar-refractivity contribution in [1.29, 1.82) is 0 Å². The predicted molar refractivity (Wildman–Crippen MR) is 84.7 cm³/mol. The normalized spacial score (nSPS) is 13.9. The highest BCUT2D eigenvalue weighted by Crippen LogP contribution is 2.17. The molecule has 0 heterocycles. The van der Waals surface area contributed by atoms with Gasteiger partial charge in [0.05, 0.1) is 12.2 Å². The molecule has 118 valence electrons. The van der Waals surface area contributed by atoms with E-state index in [2.05, 4.69) is 6.92 Å². The van der Waals surface area contributed by atoms with Crippen LogP contribution in [-0.4, -0.2) is 40.7 Å². The molecule has 0 fully saturated rings. The van der Waals surface area contributed by atoms with Gasteiger partial charge in [-0.2, -0.15) is 0 Å². The van der Waals surface area contributed by atoms with Crippen molar-refractivity contribution in [2.75, 3.05) is 6.54 Å². The quantitative estimate of drug-likeness (QED) is 0.840. The number of rotatable bonds is 7. The molecule has 0 aliphatic heterocycles. The van der Waals surface area contributed by atoms with Crippen LogP contribution in [-0.2, 0) is 0 Å². The topological polar surface area (TPSA) is 49.8 Å². The molecule has 0 aliphatic carbocycles. The summed E-state index contributed by atoms with van der Waals surface area (Å²) in [5, 5.41) is 9.52. The Morgan fingerprint density at radius 2 is 1.76 bits per heavy atom. The molecule has 0 aromatic heterocycles. The van der Waals surface area contributed by atoms with Crippen molar-refractivity contribution in [2.24, 2.45) is 0 Å². The van der Waals surface area contributed by atoms with Crippen molar-refractivity contribution < 1.29 is 14.6 Å². The van der Waals surface area contributed by atoms with Crippen LogP contribution in [0.4, 0.5) is 0 Å². The third-order valence-electron chi connectivity index (χ3n) is 3.36. The van der Waals surface area contributed by atoms with Gasteiger partial charge in [0, 0.05) is 18.2 Å². The van der Waals surface area contributed by atoms with E-state index in [0.29, 0.717) is 12.1 Å². The Morgan fingerprint density at radius 1 is 1.19 bits per heavy atom. The Hall–Kier alpha value is -1.55. The first-order chi connectivity index (χ1) is 9.85. The Morgan fingerprint density at radius 3 is 2.19 bits per heavy atom. The zero-order chi connectivity index (χ0) is 16.0. The van der Waals surface area contributed by atoms with Gasteiger partial charge in [0.15, 0.2) is 0 Å². The third kappa shape index (κ3) is 5.38. The van der Waals surface area contributed by atoms with Gasteiger partial charge in [0.25, 0.3) is 5.91 Å². The maximum Gasteiger partial charge on any atom is 0.254 e. The minimum Gasteiger partial charge on any atom is -0.491 e. The molecule has 1 aromatic carbocycles. The number of amides is 1. The summed E-state index contributed by atoms with van der Waals surface area (Å²) >= 11 is 0. The van der Waals surface area contributed by atoms with Gasteiger partial charge in [-0.05, 0) is 58.4 Å². The molecule has 0 saturated carbocycles. The summed E-state index contributed by atoms with van der Waals surface area (Å²) in [7, 11) is 0. The summed E-state index contributed by atoms with van der Waals surface area (Å²) in [4.78, 5) is 14.2. The number of carbonyl (C=O) groups excluding carboxylic acids is 1. The molecular formula is C17H27NO3. The van der Waals surface area contributed by atoms with E-state index in [1.165, 1.54) is 0 Å². The number of hydrogen-bond donors (Lipinski definition) is 1. The molecule has 2 unspecified atom stereocenters. The average molecular weight is 293 g/mol. The van der Waals surface area contributed by atoms with Crippen LogP contribution >= 0.6 is 0 Å². The number of hydrogen-bond acceptors (Lipinski definition) is 3. The summed E-state index contributed by atoms with van der Waals surface area (Å²) in [5.74, 6) is 0.702. The van der Waals surface area contributed by atoms with Crippen LogP contribution in [0.2, 0.25) is 0 Å². The highest BCUT2D eigenvalue weighted by atomic mass is 16.5. The van der Waals surface area contributed by atoms with Crippen molar-refractivity contribution in [3.63, 3.8) is 0 Å².